The van der Waals surface area contributed by atoms with Gasteiger partial charge in [-0.2, -0.15) is 0 Å². The van der Waals surface area contributed by atoms with Gasteiger partial charge in [-0.15, -0.1) is 0 Å². The number of nitro groups is 1. The van der Waals surface area contributed by atoms with Gasteiger partial charge in [-0.05, 0) is 33.8 Å². The van der Waals surface area contributed by atoms with Crippen molar-refractivity contribution in [1.29, 1.82) is 0 Å². The lowest BCUT2D eigenvalue weighted by Crippen LogP contribution is -2.31. The number of carbonyl (C=O) groups is 2. The number of nitrogens with two attached hydrogens (primary N) is 1. The Morgan fingerprint density at radius 3 is 2.36 bits per heavy atom. The van der Waals surface area contributed by atoms with Gasteiger partial charge in [-0.3, -0.25) is 10.1 Å². The first-order chi connectivity index (χ1) is 10.0. The van der Waals surface area contributed by atoms with E-state index in [4.69, 9.17) is 15.2 Å². The summed E-state index contributed by atoms with van der Waals surface area (Å²) in [6.45, 7) is 6.36. The molecule has 2 N–H and O–H groups in total. The number of esters is 2. The SMILES string of the molecule is C[C@H](N)C(=O)Oc1ccc([N+](=O)[O-])cc1C(=O)OC(C)(C)C. The third kappa shape index (κ3) is 4.81. The van der Waals surface area contributed by atoms with Crippen LogP contribution in [0.4, 0.5) is 5.69 Å². The minimum Gasteiger partial charge on any atom is -0.456 e. The first kappa shape index (κ1) is 17.6. The normalized spacial score (nSPS) is 12.4. The van der Waals surface area contributed by atoms with E-state index in [0.29, 0.717) is 0 Å². The molecule has 0 unspecified atom stereocenters. The Morgan fingerprint density at radius 2 is 1.91 bits per heavy atom. The zero-order chi connectivity index (χ0) is 17.1. The van der Waals surface area contributed by atoms with Gasteiger partial charge in [0, 0.05) is 12.1 Å². The number of nitro benzene ring substituents is 1. The molecule has 0 aliphatic carbocycles. The number of carbonyl (C=O) groups excluding carboxylic acids is 2. The first-order valence-corrected chi connectivity index (χ1v) is 6.50. The molecule has 0 bridgehead atoms. The minimum atomic E-state index is -0.901. The van der Waals surface area contributed by atoms with E-state index in [9.17, 15) is 19.7 Å². The minimum absolute atomic E-state index is 0.137. The summed E-state index contributed by atoms with van der Waals surface area (Å²) in [6, 6.07) is 2.38. The maximum Gasteiger partial charge on any atom is 0.342 e. The van der Waals surface area contributed by atoms with Crippen molar-refractivity contribution in [3.05, 3.63) is 33.9 Å². The molecule has 120 valence electrons. The van der Waals surface area contributed by atoms with E-state index in [0.717, 1.165) is 18.2 Å². The van der Waals surface area contributed by atoms with E-state index in [-0.39, 0.29) is 17.0 Å². The zero-order valence-corrected chi connectivity index (χ0v) is 12.8. The Kier molecular flexibility index (Phi) is 5.21. The van der Waals surface area contributed by atoms with E-state index in [2.05, 4.69) is 0 Å². The molecule has 8 heteroatoms. The molecule has 0 saturated heterocycles. The highest BCUT2D eigenvalue weighted by molar-refractivity contribution is 5.94. The second-order valence-corrected chi connectivity index (χ2v) is 5.65. The van der Waals surface area contributed by atoms with Crippen LogP contribution in [0.3, 0.4) is 0 Å². The van der Waals surface area contributed by atoms with Crippen LogP contribution in [0.25, 0.3) is 0 Å². The van der Waals surface area contributed by atoms with E-state index in [1.807, 2.05) is 0 Å². The first-order valence-electron chi connectivity index (χ1n) is 6.50. The van der Waals surface area contributed by atoms with Crippen LogP contribution in [0, 0.1) is 10.1 Å². The highest BCUT2D eigenvalue weighted by Gasteiger charge is 2.25. The summed E-state index contributed by atoms with van der Waals surface area (Å²) >= 11 is 0. The number of nitrogens with zero attached hydrogens (tertiary/aromatic N) is 1. The largest absolute Gasteiger partial charge is 0.456 e. The average Bonchev–Trinajstić information content (AvgIpc) is 2.36. The highest BCUT2D eigenvalue weighted by atomic mass is 16.6. The number of hydrogen-bond donors (Lipinski definition) is 1. The maximum absolute atomic E-state index is 12.1. The molecule has 0 radical (unpaired) electrons. The Morgan fingerprint density at radius 1 is 1.32 bits per heavy atom. The van der Waals surface area contributed by atoms with Gasteiger partial charge in [0.15, 0.2) is 0 Å². The lowest BCUT2D eigenvalue weighted by Gasteiger charge is -2.20. The van der Waals surface area contributed by atoms with Crippen LogP contribution in [-0.4, -0.2) is 28.5 Å². The summed E-state index contributed by atoms with van der Waals surface area (Å²) in [4.78, 5) is 33.9. The molecule has 22 heavy (non-hydrogen) atoms. The predicted octanol–water partition coefficient (Wildman–Crippen LogP) is 1.80. The second kappa shape index (κ2) is 6.52. The molecule has 8 nitrogen and oxygen atoms in total. The lowest BCUT2D eigenvalue weighted by atomic mass is 10.1. The summed E-state index contributed by atoms with van der Waals surface area (Å²) in [6.07, 6.45) is 0. The van der Waals surface area contributed by atoms with Gasteiger partial charge in [-0.1, -0.05) is 0 Å². The molecule has 0 aliphatic rings. The van der Waals surface area contributed by atoms with Crippen molar-refractivity contribution >= 4 is 17.6 Å². The number of benzene rings is 1. The molecule has 0 fully saturated rings. The van der Waals surface area contributed by atoms with Crippen LogP contribution in [-0.2, 0) is 9.53 Å². The van der Waals surface area contributed by atoms with Crippen molar-refractivity contribution < 1.29 is 24.0 Å². The van der Waals surface area contributed by atoms with E-state index in [1.165, 1.54) is 6.92 Å². The Balaban J connectivity index is 3.23. The van der Waals surface area contributed by atoms with Crippen molar-refractivity contribution in [2.24, 2.45) is 5.73 Å². The van der Waals surface area contributed by atoms with Gasteiger partial charge >= 0.3 is 11.9 Å². The summed E-state index contributed by atoms with van der Waals surface area (Å²) in [5.41, 5.74) is 4.06. The van der Waals surface area contributed by atoms with Crippen LogP contribution < -0.4 is 10.5 Å². The summed E-state index contributed by atoms with van der Waals surface area (Å²) < 4.78 is 10.1. The van der Waals surface area contributed by atoms with Crippen LogP contribution in [0.1, 0.15) is 38.1 Å². The number of hydrogen-bond acceptors (Lipinski definition) is 7. The molecule has 0 heterocycles. The monoisotopic (exact) mass is 310 g/mol. The Labute approximate surface area is 127 Å². The van der Waals surface area contributed by atoms with E-state index in [1.54, 1.807) is 20.8 Å². The third-order valence-electron chi connectivity index (χ3n) is 2.38. The van der Waals surface area contributed by atoms with Gasteiger partial charge < -0.3 is 15.2 Å². The molecule has 1 aromatic rings. The Hall–Kier alpha value is -2.48. The molecule has 0 saturated carbocycles. The third-order valence-corrected chi connectivity index (χ3v) is 2.38. The molecule has 0 amide bonds. The van der Waals surface area contributed by atoms with Crippen molar-refractivity contribution in [2.45, 2.75) is 39.3 Å². The van der Waals surface area contributed by atoms with E-state index >= 15 is 0 Å². The maximum atomic E-state index is 12.1. The fraction of sp³-hybridized carbons (Fsp3) is 0.429. The van der Waals surface area contributed by atoms with Gasteiger partial charge in [0.1, 0.15) is 23.0 Å². The predicted molar refractivity (Wildman–Crippen MR) is 77.5 cm³/mol. The van der Waals surface area contributed by atoms with Crippen LogP contribution in [0.5, 0.6) is 5.75 Å². The van der Waals surface area contributed by atoms with Crippen molar-refractivity contribution in [1.82, 2.24) is 0 Å². The van der Waals surface area contributed by atoms with Crippen molar-refractivity contribution in [3.8, 4) is 5.75 Å². The Bertz CT molecular complexity index is 604. The van der Waals surface area contributed by atoms with Gasteiger partial charge in [0.2, 0.25) is 0 Å². The van der Waals surface area contributed by atoms with Gasteiger partial charge in [0.25, 0.3) is 5.69 Å². The average molecular weight is 310 g/mol. The molecular formula is C14H18N2O6. The quantitative estimate of drug-likeness (QED) is 0.389. The lowest BCUT2D eigenvalue weighted by molar-refractivity contribution is -0.384. The fourth-order valence-electron chi connectivity index (χ4n) is 1.41. The molecule has 0 aromatic heterocycles. The molecule has 0 aliphatic heterocycles. The molecular weight excluding hydrogens is 292 g/mol. The summed E-state index contributed by atoms with van der Waals surface area (Å²) in [5.74, 6) is -1.73. The second-order valence-electron chi connectivity index (χ2n) is 5.65. The van der Waals surface area contributed by atoms with Crippen molar-refractivity contribution in [2.75, 3.05) is 0 Å². The zero-order valence-electron chi connectivity index (χ0n) is 12.8. The molecule has 1 atom stereocenters. The van der Waals surface area contributed by atoms with Crippen LogP contribution in [0.15, 0.2) is 18.2 Å². The standard InChI is InChI=1S/C14H18N2O6/c1-8(15)12(17)21-11-6-5-9(16(19)20)7-10(11)13(18)22-14(2,3)4/h5-8H,15H2,1-4H3/t8-/m0/s1. The summed E-state index contributed by atoms with van der Waals surface area (Å²) in [5, 5.41) is 10.8. The number of non-ortho nitro benzene ring substituents is 1. The van der Waals surface area contributed by atoms with Crippen molar-refractivity contribution in [3.63, 3.8) is 0 Å². The smallest absolute Gasteiger partial charge is 0.342 e. The van der Waals surface area contributed by atoms with Gasteiger partial charge in [0.05, 0.1) is 4.92 Å². The molecule has 0 spiro atoms. The molecule has 1 rings (SSSR count). The molecule has 1 aromatic carbocycles. The highest BCUT2D eigenvalue weighted by Crippen LogP contribution is 2.26. The van der Waals surface area contributed by atoms with E-state index < -0.39 is 28.5 Å². The fourth-order valence-corrected chi connectivity index (χ4v) is 1.41. The van der Waals surface area contributed by atoms with Gasteiger partial charge in [-0.25, -0.2) is 9.59 Å². The van der Waals surface area contributed by atoms with Crippen LogP contribution >= 0.6 is 0 Å². The van der Waals surface area contributed by atoms with Crippen LogP contribution in [0.2, 0.25) is 0 Å². The topological polar surface area (TPSA) is 122 Å². The number of ether oxygens (including phenoxy) is 2. The summed E-state index contributed by atoms with van der Waals surface area (Å²) in [7, 11) is 0. The number of rotatable bonds is 4.